The van der Waals surface area contributed by atoms with Crippen LogP contribution >= 0.6 is 0 Å². The predicted molar refractivity (Wildman–Crippen MR) is 61.3 cm³/mol. The minimum atomic E-state index is -0.861. The molecule has 0 aliphatic rings. The number of hydrogen-bond donors (Lipinski definition) is 1. The highest BCUT2D eigenvalue weighted by molar-refractivity contribution is 5.35. The van der Waals surface area contributed by atoms with E-state index in [4.69, 9.17) is 9.84 Å². The zero-order chi connectivity index (χ0) is 13.1. The van der Waals surface area contributed by atoms with E-state index in [9.17, 15) is 8.78 Å². The summed E-state index contributed by atoms with van der Waals surface area (Å²) in [7, 11) is 0. The fourth-order valence-electron chi connectivity index (χ4n) is 1.50. The second kappa shape index (κ2) is 5.10. The summed E-state index contributed by atoms with van der Waals surface area (Å²) in [5, 5.41) is 8.82. The number of aliphatic hydroxyl groups excluding tert-OH is 1. The van der Waals surface area contributed by atoms with Gasteiger partial charge in [0, 0.05) is 6.20 Å². The molecule has 0 radical (unpaired) electrons. The van der Waals surface area contributed by atoms with Gasteiger partial charge in [-0.05, 0) is 36.2 Å². The van der Waals surface area contributed by atoms with Gasteiger partial charge in [0.05, 0.1) is 12.8 Å². The van der Waals surface area contributed by atoms with E-state index in [-0.39, 0.29) is 11.3 Å². The molecular formula is C13H11F2NO2. The number of benzene rings is 1. The summed E-state index contributed by atoms with van der Waals surface area (Å²) in [4.78, 5) is 3.86. The van der Waals surface area contributed by atoms with Gasteiger partial charge in [0.15, 0.2) is 17.4 Å². The Labute approximate surface area is 103 Å². The van der Waals surface area contributed by atoms with Crippen LogP contribution in [-0.4, -0.2) is 10.1 Å². The molecule has 0 atom stereocenters. The number of hydrogen-bond acceptors (Lipinski definition) is 3. The van der Waals surface area contributed by atoms with Crippen LogP contribution in [0.4, 0.5) is 8.78 Å². The molecule has 0 bridgehead atoms. The van der Waals surface area contributed by atoms with Gasteiger partial charge < -0.3 is 9.84 Å². The van der Waals surface area contributed by atoms with Gasteiger partial charge >= 0.3 is 0 Å². The number of halogens is 2. The van der Waals surface area contributed by atoms with Gasteiger partial charge in [-0.2, -0.15) is 0 Å². The Kier molecular flexibility index (Phi) is 3.53. The lowest BCUT2D eigenvalue weighted by atomic mass is 10.2. The summed E-state index contributed by atoms with van der Waals surface area (Å²) in [5.41, 5.74) is 0.972. The van der Waals surface area contributed by atoms with Gasteiger partial charge in [0.25, 0.3) is 0 Å². The summed E-state index contributed by atoms with van der Waals surface area (Å²) in [6, 6.07) is 3.68. The summed E-state index contributed by atoms with van der Waals surface area (Å²) >= 11 is 0. The molecule has 0 aliphatic heterocycles. The van der Waals surface area contributed by atoms with Crippen molar-refractivity contribution in [2.75, 3.05) is 0 Å². The first kappa shape index (κ1) is 12.4. The molecule has 2 rings (SSSR count). The van der Waals surface area contributed by atoms with Crippen LogP contribution in [0.1, 0.15) is 11.1 Å². The average Bonchev–Trinajstić information content (AvgIpc) is 2.33. The van der Waals surface area contributed by atoms with Crippen LogP contribution in [-0.2, 0) is 6.61 Å². The number of nitrogens with zero attached hydrogens (tertiary/aromatic N) is 1. The van der Waals surface area contributed by atoms with E-state index in [0.29, 0.717) is 0 Å². The molecule has 18 heavy (non-hydrogen) atoms. The lowest BCUT2D eigenvalue weighted by molar-refractivity contribution is 0.279. The molecule has 2 aromatic rings. The van der Waals surface area contributed by atoms with Crippen molar-refractivity contribution in [1.82, 2.24) is 4.98 Å². The van der Waals surface area contributed by atoms with E-state index in [1.165, 1.54) is 6.20 Å². The highest BCUT2D eigenvalue weighted by Gasteiger charge is 2.13. The highest BCUT2D eigenvalue weighted by Crippen LogP contribution is 2.28. The molecule has 5 heteroatoms. The molecule has 0 saturated carbocycles. The molecule has 94 valence electrons. The molecule has 1 aromatic heterocycles. The van der Waals surface area contributed by atoms with Gasteiger partial charge in [0.2, 0.25) is 0 Å². The molecule has 0 saturated heterocycles. The second-order valence-corrected chi connectivity index (χ2v) is 3.85. The van der Waals surface area contributed by atoms with Crippen molar-refractivity contribution in [3.05, 3.63) is 53.4 Å². The van der Waals surface area contributed by atoms with Gasteiger partial charge in [-0.15, -0.1) is 0 Å². The van der Waals surface area contributed by atoms with Crippen molar-refractivity contribution in [3.63, 3.8) is 0 Å². The minimum Gasteiger partial charge on any atom is -0.450 e. The number of aryl methyl sites for hydroxylation is 1. The molecular weight excluding hydrogens is 240 g/mol. The third-order valence-corrected chi connectivity index (χ3v) is 2.31. The van der Waals surface area contributed by atoms with Crippen LogP contribution in [0.15, 0.2) is 30.6 Å². The average molecular weight is 251 g/mol. The summed E-state index contributed by atoms with van der Waals surface area (Å²) in [6.45, 7) is 1.36. The van der Waals surface area contributed by atoms with Crippen LogP contribution < -0.4 is 4.74 Å². The molecule has 3 nitrogen and oxygen atoms in total. The lowest BCUT2D eigenvalue weighted by Crippen LogP contribution is -1.96. The number of aromatic nitrogens is 1. The van der Waals surface area contributed by atoms with Crippen molar-refractivity contribution < 1.29 is 18.6 Å². The molecule has 0 spiro atoms. The van der Waals surface area contributed by atoms with E-state index in [1.54, 1.807) is 19.2 Å². The van der Waals surface area contributed by atoms with Crippen molar-refractivity contribution in [3.8, 4) is 11.5 Å². The fourth-order valence-corrected chi connectivity index (χ4v) is 1.50. The monoisotopic (exact) mass is 251 g/mol. The predicted octanol–water partition coefficient (Wildman–Crippen LogP) is 2.95. The summed E-state index contributed by atoms with van der Waals surface area (Å²) in [5.74, 6) is -1.97. The van der Waals surface area contributed by atoms with Crippen molar-refractivity contribution in [1.29, 1.82) is 0 Å². The van der Waals surface area contributed by atoms with Crippen molar-refractivity contribution in [2.24, 2.45) is 0 Å². The number of ether oxygens (including phenoxy) is 1. The maximum Gasteiger partial charge on any atom is 0.198 e. The topological polar surface area (TPSA) is 42.4 Å². The van der Waals surface area contributed by atoms with Crippen LogP contribution in [0.2, 0.25) is 0 Å². The minimum absolute atomic E-state index is 0.153. The Morgan fingerprint density at radius 2 is 1.83 bits per heavy atom. The summed E-state index contributed by atoms with van der Waals surface area (Å²) < 4.78 is 32.3. The van der Waals surface area contributed by atoms with E-state index in [0.717, 1.165) is 17.7 Å². The van der Waals surface area contributed by atoms with E-state index < -0.39 is 24.0 Å². The largest absolute Gasteiger partial charge is 0.450 e. The van der Waals surface area contributed by atoms with Gasteiger partial charge in [0.1, 0.15) is 5.75 Å². The smallest absolute Gasteiger partial charge is 0.198 e. The van der Waals surface area contributed by atoms with Crippen molar-refractivity contribution >= 4 is 0 Å². The first-order valence-electron chi connectivity index (χ1n) is 5.28. The number of pyridine rings is 1. The van der Waals surface area contributed by atoms with Crippen LogP contribution in [0, 0.1) is 18.6 Å². The molecule has 1 heterocycles. The molecule has 0 fully saturated rings. The number of aliphatic hydroxyl groups is 1. The fraction of sp³-hybridized carbons (Fsp3) is 0.154. The standard InChI is InChI=1S/C13H11F2NO2/c1-8-2-10(6-16-5-8)18-13-11(14)3-9(7-17)4-12(13)15/h2-6,17H,7H2,1H3. The van der Waals surface area contributed by atoms with Gasteiger partial charge in [-0.25, -0.2) is 8.78 Å². The molecule has 1 N–H and O–H groups in total. The zero-order valence-electron chi connectivity index (χ0n) is 9.65. The lowest BCUT2D eigenvalue weighted by Gasteiger charge is -2.09. The highest BCUT2D eigenvalue weighted by atomic mass is 19.1. The maximum atomic E-state index is 13.6. The molecule has 0 amide bonds. The van der Waals surface area contributed by atoms with E-state index >= 15 is 0 Å². The Bertz CT molecular complexity index is 550. The van der Waals surface area contributed by atoms with E-state index in [2.05, 4.69) is 4.98 Å². The maximum absolute atomic E-state index is 13.6. The third-order valence-electron chi connectivity index (χ3n) is 2.31. The van der Waals surface area contributed by atoms with Crippen LogP contribution in [0.25, 0.3) is 0 Å². The Balaban J connectivity index is 2.35. The van der Waals surface area contributed by atoms with Crippen LogP contribution in [0.5, 0.6) is 11.5 Å². The van der Waals surface area contributed by atoms with Gasteiger partial charge in [-0.3, -0.25) is 4.98 Å². The Morgan fingerprint density at radius 3 is 2.39 bits per heavy atom. The first-order valence-corrected chi connectivity index (χ1v) is 5.28. The van der Waals surface area contributed by atoms with Gasteiger partial charge in [-0.1, -0.05) is 0 Å². The quantitative estimate of drug-likeness (QED) is 0.911. The number of rotatable bonds is 3. The van der Waals surface area contributed by atoms with E-state index in [1.807, 2.05) is 0 Å². The second-order valence-electron chi connectivity index (χ2n) is 3.85. The SMILES string of the molecule is Cc1cncc(Oc2c(F)cc(CO)cc2F)c1. The van der Waals surface area contributed by atoms with Crippen molar-refractivity contribution in [2.45, 2.75) is 13.5 Å². The Morgan fingerprint density at radius 1 is 1.17 bits per heavy atom. The molecule has 0 aliphatic carbocycles. The molecule has 1 aromatic carbocycles. The first-order chi connectivity index (χ1) is 8.60. The normalized spacial score (nSPS) is 10.4. The Hall–Kier alpha value is -2.01. The third kappa shape index (κ3) is 2.62. The van der Waals surface area contributed by atoms with Crippen LogP contribution in [0.3, 0.4) is 0 Å². The summed E-state index contributed by atoms with van der Waals surface area (Å²) in [6.07, 6.45) is 2.97. The molecule has 0 unspecified atom stereocenters. The zero-order valence-corrected chi connectivity index (χ0v) is 9.65.